The molecule has 0 heterocycles. The highest BCUT2D eigenvalue weighted by Gasteiger charge is 2.07. The number of amides is 2. The molecule has 3 aromatic rings. The highest BCUT2D eigenvalue weighted by Crippen LogP contribution is 2.15. The van der Waals surface area contributed by atoms with Gasteiger partial charge in [0.25, 0.3) is 11.8 Å². The molecule has 0 spiro atoms. The van der Waals surface area contributed by atoms with Gasteiger partial charge in [0, 0.05) is 15.6 Å². The molecule has 0 bridgehead atoms. The van der Waals surface area contributed by atoms with E-state index in [1.165, 1.54) is 6.21 Å². The molecule has 3 rings (SSSR count). The second kappa shape index (κ2) is 11.2. The van der Waals surface area contributed by atoms with Crippen LogP contribution >= 0.6 is 23.2 Å². The first kappa shape index (κ1) is 22.3. The van der Waals surface area contributed by atoms with E-state index in [-0.39, 0.29) is 12.5 Å². The molecule has 0 aromatic heterocycles. The molecule has 0 saturated heterocycles. The van der Waals surface area contributed by atoms with Crippen molar-refractivity contribution in [3.63, 3.8) is 0 Å². The minimum atomic E-state index is -0.443. The van der Waals surface area contributed by atoms with E-state index in [1.807, 2.05) is 48.5 Å². The fourth-order valence-electron chi connectivity index (χ4n) is 2.48. The zero-order valence-corrected chi connectivity index (χ0v) is 17.9. The quantitative estimate of drug-likeness (QED) is 0.388. The Morgan fingerprint density at radius 2 is 1.48 bits per heavy atom. The lowest BCUT2D eigenvalue weighted by Crippen LogP contribution is -2.34. The van der Waals surface area contributed by atoms with Gasteiger partial charge in [-0.05, 0) is 71.8 Å². The molecule has 158 valence electrons. The molecule has 31 heavy (non-hydrogen) atoms. The van der Waals surface area contributed by atoms with Crippen LogP contribution < -0.4 is 15.5 Å². The third kappa shape index (κ3) is 7.44. The van der Waals surface area contributed by atoms with Crippen molar-refractivity contribution in [2.24, 2.45) is 5.10 Å². The number of hydrazone groups is 1. The Bertz CT molecular complexity index is 1050. The zero-order chi connectivity index (χ0) is 22.1. The number of halogens is 2. The van der Waals surface area contributed by atoms with Crippen LogP contribution in [-0.4, -0.2) is 24.6 Å². The van der Waals surface area contributed by atoms with Crippen molar-refractivity contribution in [1.82, 2.24) is 10.7 Å². The number of hydrogen-bond acceptors (Lipinski definition) is 4. The number of carbonyl (C=O) groups is 2. The number of hydrogen-bond donors (Lipinski definition) is 2. The summed E-state index contributed by atoms with van der Waals surface area (Å²) in [5.74, 6) is -0.104. The van der Waals surface area contributed by atoms with Crippen molar-refractivity contribution in [1.29, 1.82) is 0 Å². The Hall–Kier alpha value is -3.35. The highest BCUT2D eigenvalue weighted by atomic mass is 35.5. The second-order valence-electron chi connectivity index (χ2n) is 6.47. The number of nitrogens with zero attached hydrogens (tertiary/aromatic N) is 1. The van der Waals surface area contributed by atoms with Gasteiger partial charge in [-0.15, -0.1) is 0 Å². The van der Waals surface area contributed by atoms with Gasteiger partial charge < -0.3 is 10.1 Å². The topological polar surface area (TPSA) is 79.8 Å². The molecule has 0 aliphatic rings. The predicted molar refractivity (Wildman–Crippen MR) is 122 cm³/mol. The van der Waals surface area contributed by atoms with E-state index in [9.17, 15) is 9.59 Å². The number of rotatable bonds is 8. The summed E-state index contributed by atoms with van der Waals surface area (Å²) in [6.07, 6.45) is 1.50. The molecule has 2 N–H and O–H groups in total. The predicted octanol–water partition coefficient (Wildman–Crippen LogP) is 4.45. The normalized spacial score (nSPS) is 10.6. The van der Waals surface area contributed by atoms with E-state index in [1.54, 1.807) is 24.3 Å². The summed E-state index contributed by atoms with van der Waals surface area (Å²) < 4.78 is 5.72. The van der Waals surface area contributed by atoms with Gasteiger partial charge in [0.1, 0.15) is 12.4 Å². The molecule has 0 saturated carbocycles. The van der Waals surface area contributed by atoms with Crippen LogP contribution in [0, 0.1) is 0 Å². The fourth-order valence-corrected chi connectivity index (χ4v) is 2.73. The molecule has 2 amide bonds. The third-order valence-electron chi connectivity index (χ3n) is 4.12. The third-order valence-corrected chi connectivity index (χ3v) is 4.62. The van der Waals surface area contributed by atoms with E-state index in [4.69, 9.17) is 27.9 Å². The van der Waals surface area contributed by atoms with E-state index in [0.717, 1.165) is 11.1 Å². The maximum absolute atomic E-state index is 12.0. The Morgan fingerprint density at radius 1 is 0.871 bits per heavy atom. The minimum absolute atomic E-state index is 0.198. The SMILES string of the molecule is O=C(CNC(=O)c1ccc(Cl)cc1)NN=Cc1ccc(OCc2ccc(Cl)cc2)cc1. The second-order valence-corrected chi connectivity index (χ2v) is 7.34. The first-order valence-electron chi connectivity index (χ1n) is 9.32. The van der Waals surface area contributed by atoms with Crippen LogP contribution in [0.4, 0.5) is 0 Å². The molecule has 6 nitrogen and oxygen atoms in total. The van der Waals surface area contributed by atoms with Gasteiger partial charge in [-0.1, -0.05) is 35.3 Å². The Balaban J connectivity index is 1.40. The molecular formula is C23H19Cl2N3O3. The van der Waals surface area contributed by atoms with Crippen LogP contribution in [0.3, 0.4) is 0 Å². The lowest BCUT2D eigenvalue weighted by molar-refractivity contribution is -0.120. The van der Waals surface area contributed by atoms with Crippen molar-refractivity contribution in [2.45, 2.75) is 6.61 Å². The molecule has 0 aliphatic heterocycles. The molecule has 0 unspecified atom stereocenters. The number of ether oxygens (including phenoxy) is 1. The molecule has 0 atom stereocenters. The van der Waals surface area contributed by atoms with Gasteiger partial charge in [0.05, 0.1) is 12.8 Å². The molecule has 8 heteroatoms. The van der Waals surface area contributed by atoms with Crippen molar-refractivity contribution in [2.75, 3.05) is 6.54 Å². The molecule has 0 fully saturated rings. The van der Waals surface area contributed by atoms with Crippen molar-refractivity contribution in [3.8, 4) is 5.75 Å². The number of benzene rings is 3. The van der Waals surface area contributed by atoms with Crippen LogP contribution in [0.5, 0.6) is 5.75 Å². The van der Waals surface area contributed by atoms with E-state index < -0.39 is 5.91 Å². The summed E-state index contributed by atoms with van der Waals surface area (Å²) in [4.78, 5) is 23.8. The van der Waals surface area contributed by atoms with E-state index >= 15 is 0 Å². The molecule has 0 aliphatic carbocycles. The minimum Gasteiger partial charge on any atom is -0.489 e. The van der Waals surface area contributed by atoms with Gasteiger partial charge in [0.15, 0.2) is 0 Å². The summed E-state index contributed by atoms with van der Waals surface area (Å²) >= 11 is 11.7. The monoisotopic (exact) mass is 455 g/mol. The zero-order valence-electron chi connectivity index (χ0n) is 16.3. The smallest absolute Gasteiger partial charge is 0.259 e. The van der Waals surface area contributed by atoms with Crippen LogP contribution in [0.2, 0.25) is 10.0 Å². The Morgan fingerprint density at radius 3 is 2.13 bits per heavy atom. The summed E-state index contributed by atoms with van der Waals surface area (Å²) in [5, 5.41) is 7.62. The van der Waals surface area contributed by atoms with Crippen LogP contribution in [0.15, 0.2) is 77.9 Å². The lowest BCUT2D eigenvalue weighted by atomic mass is 10.2. The van der Waals surface area contributed by atoms with E-state index in [2.05, 4.69) is 15.8 Å². The summed E-state index contributed by atoms with van der Waals surface area (Å²) in [6, 6.07) is 21.1. The lowest BCUT2D eigenvalue weighted by Gasteiger charge is -2.06. The fraction of sp³-hybridized carbons (Fsp3) is 0.0870. The Kier molecular flexibility index (Phi) is 8.04. The summed E-state index contributed by atoms with van der Waals surface area (Å²) in [6.45, 7) is 0.235. The van der Waals surface area contributed by atoms with Gasteiger partial charge in [0.2, 0.25) is 0 Å². The van der Waals surface area contributed by atoms with Crippen LogP contribution in [-0.2, 0) is 11.4 Å². The molecular weight excluding hydrogens is 437 g/mol. The first-order chi connectivity index (χ1) is 15.0. The van der Waals surface area contributed by atoms with Crippen molar-refractivity contribution in [3.05, 3.63) is 99.5 Å². The van der Waals surface area contributed by atoms with E-state index in [0.29, 0.717) is 28.0 Å². The summed E-state index contributed by atoms with van der Waals surface area (Å²) in [5.41, 5.74) is 4.58. The molecule has 3 aromatic carbocycles. The standard InChI is InChI=1S/C23H19Cl2N3O3/c24-19-7-1-17(2-8-19)15-31-21-11-3-16(4-12-21)13-27-28-22(29)14-26-23(30)18-5-9-20(25)10-6-18/h1-13H,14-15H2,(H,26,30)(H,28,29). The number of carbonyl (C=O) groups excluding carboxylic acids is 2. The molecule has 0 radical (unpaired) electrons. The van der Waals surface area contributed by atoms with Crippen molar-refractivity contribution < 1.29 is 14.3 Å². The van der Waals surface area contributed by atoms with Gasteiger partial charge >= 0.3 is 0 Å². The first-order valence-corrected chi connectivity index (χ1v) is 10.1. The van der Waals surface area contributed by atoms with Crippen LogP contribution in [0.25, 0.3) is 0 Å². The van der Waals surface area contributed by atoms with Crippen LogP contribution in [0.1, 0.15) is 21.5 Å². The number of nitrogens with one attached hydrogen (secondary N) is 2. The van der Waals surface area contributed by atoms with Crippen molar-refractivity contribution >= 4 is 41.2 Å². The maximum atomic E-state index is 12.0. The Labute approximate surface area is 189 Å². The van der Waals surface area contributed by atoms with Gasteiger partial charge in [-0.2, -0.15) is 5.10 Å². The van der Waals surface area contributed by atoms with Gasteiger partial charge in [-0.25, -0.2) is 5.43 Å². The average molecular weight is 456 g/mol. The largest absolute Gasteiger partial charge is 0.489 e. The average Bonchev–Trinajstić information content (AvgIpc) is 2.78. The highest BCUT2D eigenvalue weighted by molar-refractivity contribution is 6.30. The van der Waals surface area contributed by atoms with Gasteiger partial charge in [-0.3, -0.25) is 9.59 Å². The summed E-state index contributed by atoms with van der Waals surface area (Å²) in [7, 11) is 0. The maximum Gasteiger partial charge on any atom is 0.259 e.